The predicted octanol–water partition coefficient (Wildman–Crippen LogP) is 27.4. The van der Waals surface area contributed by atoms with Gasteiger partial charge in [0.1, 0.15) is 8.07 Å². The minimum atomic E-state index is -2.81. The molecule has 2 nitrogen and oxygen atoms in total. The van der Waals surface area contributed by atoms with Crippen molar-refractivity contribution < 1.29 is 0 Å². The summed E-state index contributed by atoms with van der Waals surface area (Å²) in [7, 11) is -4.83. The smallest absolute Gasteiger partial charge is 0.180 e. The molecule has 22 aromatic rings. The topological polar surface area (TPSA) is 9.86 Å². The van der Waals surface area contributed by atoms with Crippen LogP contribution in [0.1, 0.15) is 0 Å². The fraction of sp³-hybridized carbons (Fsp3) is 0.0169. The Morgan fingerprint density at radius 2 is 0.475 bits per heavy atom. The van der Waals surface area contributed by atoms with E-state index in [0.717, 1.165) is 5.69 Å². The molecule has 2 aliphatic heterocycles. The minimum Gasteiger partial charge on any atom is -0.316 e. The van der Waals surface area contributed by atoms with Gasteiger partial charge in [0.2, 0.25) is 0 Å². The second kappa shape index (κ2) is 29.5. The molecule has 0 unspecified atom stereocenters. The fourth-order valence-electron chi connectivity index (χ4n) is 20.3. The van der Waals surface area contributed by atoms with Gasteiger partial charge in [-0.3, -0.25) is 0 Å². The first-order valence-corrected chi connectivity index (χ1v) is 47.5. The fourth-order valence-corrected chi connectivity index (χ4v) is 28.7. The summed E-state index contributed by atoms with van der Waals surface area (Å²) in [6, 6.07) is 167. The second-order valence-corrected chi connectivity index (χ2v) is 41.4. The van der Waals surface area contributed by atoms with Crippen molar-refractivity contribution >= 4 is 112 Å². The third-order valence-electron chi connectivity index (χ3n) is 26.3. The van der Waals surface area contributed by atoms with Crippen LogP contribution in [0.25, 0.3) is 188 Å². The van der Waals surface area contributed by atoms with Crippen molar-refractivity contribution in [2.45, 2.75) is 13.1 Å². The van der Waals surface area contributed by atoms with Gasteiger partial charge in [-0.25, -0.2) is 0 Å². The highest BCUT2D eigenvalue weighted by Gasteiger charge is 2.49. The van der Waals surface area contributed by atoms with Crippen LogP contribution in [0.15, 0.2) is 461 Å². The molecular weight excluding hydrogens is 1500 g/mol. The van der Waals surface area contributed by atoms with Gasteiger partial charge >= 0.3 is 0 Å². The standard InChI is InChI=1S/C62H43NSi.C56H39NSi/c1-6-16-44(17-7-1)47-26-28-49(29-27-47)51-35-39-60-58(40-51)59(50-32-30-48(31-33-50)45-18-8-2-9-19-45)43-63(60)53-36-38-57-56-37-34-52(46-20-10-3-11-21-46)41-61(56)64(62(57)42-53,54-22-12-4-13-23-54)55-24-14-5-15-25-55;1-58(2)55-33-37(36-14-4-3-5-15-36)24-27-48(55)49-28-26-41(34-56(49)58)57-35-53(51-31-39-17-7-9-19-43(39)45-21-11-13-23-47(45)51)52-32-40(25-29-54(52)57)50-30-38-16-6-8-18-42(38)44-20-10-12-22-46(44)50/h1-43H;3-35H,1-2H3. The summed E-state index contributed by atoms with van der Waals surface area (Å²) < 4.78 is 4.89. The molecular formula is C118H82N2Si2. The quantitative estimate of drug-likeness (QED) is 0.0852. The van der Waals surface area contributed by atoms with Gasteiger partial charge in [0.25, 0.3) is 0 Å². The van der Waals surface area contributed by atoms with E-state index in [1.165, 1.54) is 213 Å². The van der Waals surface area contributed by atoms with Crippen LogP contribution >= 0.6 is 0 Å². The lowest BCUT2D eigenvalue weighted by Gasteiger charge is -2.32. The molecule has 2 aliphatic rings. The highest BCUT2D eigenvalue weighted by atomic mass is 28.3. The molecule has 572 valence electrons. The summed E-state index contributed by atoms with van der Waals surface area (Å²) in [5.74, 6) is 0. The second-order valence-electron chi connectivity index (χ2n) is 33.4. The van der Waals surface area contributed by atoms with Gasteiger partial charge in [-0.05, 0) is 235 Å². The van der Waals surface area contributed by atoms with Crippen LogP contribution in [0.2, 0.25) is 13.1 Å². The molecule has 0 radical (unpaired) electrons. The summed E-state index contributed by atoms with van der Waals surface area (Å²) in [6.07, 6.45) is 4.78. The Hall–Kier alpha value is -15.0. The number of hydrogen-bond acceptors (Lipinski definition) is 0. The molecule has 0 saturated heterocycles. The lowest BCUT2D eigenvalue weighted by atomic mass is 9.91. The molecule has 0 atom stereocenters. The van der Waals surface area contributed by atoms with Crippen molar-refractivity contribution in [1.82, 2.24) is 9.13 Å². The first-order chi connectivity index (χ1) is 60.2. The van der Waals surface area contributed by atoms with Gasteiger partial charge < -0.3 is 9.13 Å². The SMILES string of the molecule is C[Si]1(C)c2cc(-c3ccccc3)ccc2-c2ccc(-n3cc(-c4cc5ccccc5c5ccccc45)c4cc(-c5cc6ccccc6c6ccccc56)ccc43)cc21.c1ccc(-c2ccc(-c3ccc4c(c3)c(-c3ccc(-c5ccccc5)cc3)cn4-c3ccc4c(c3)[Si](c3ccccc3)(c3ccccc3)c3cc(-c5ccccc5)ccc3-4)cc2)cc1. The number of nitrogens with zero attached hydrogens (tertiary/aromatic N) is 2. The van der Waals surface area contributed by atoms with E-state index < -0.39 is 16.1 Å². The zero-order valence-electron chi connectivity index (χ0n) is 67.8. The Kier molecular flexibility index (Phi) is 17.5. The number of fused-ring (bicyclic) bond motifs is 14. The summed E-state index contributed by atoms with van der Waals surface area (Å²) in [4.78, 5) is 0. The third kappa shape index (κ3) is 12.0. The van der Waals surface area contributed by atoms with Gasteiger partial charge in [0.15, 0.2) is 8.07 Å². The summed E-state index contributed by atoms with van der Waals surface area (Å²) in [6.45, 7) is 5.05. The lowest BCUT2D eigenvalue weighted by Crippen LogP contribution is -2.72. The van der Waals surface area contributed by atoms with Gasteiger partial charge in [-0.2, -0.15) is 0 Å². The molecule has 4 heteroatoms. The van der Waals surface area contributed by atoms with Gasteiger partial charge in [0, 0.05) is 45.7 Å². The maximum atomic E-state index is 2.53. The molecule has 0 N–H and O–H groups in total. The maximum absolute atomic E-state index is 2.81. The predicted molar refractivity (Wildman–Crippen MR) is 525 cm³/mol. The molecule has 0 amide bonds. The maximum Gasteiger partial charge on any atom is 0.180 e. The van der Waals surface area contributed by atoms with Crippen LogP contribution in [-0.4, -0.2) is 25.3 Å². The lowest BCUT2D eigenvalue weighted by molar-refractivity contribution is 1.13. The molecule has 0 bridgehead atoms. The average Bonchev–Trinajstić information content (AvgIpc) is 1.52. The van der Waals surface area contributed by atoms with Crippen LogP contribution in [0.4, 0.5) is 0 Å². The van der Waals surface area contributed by atoms with E-state index >= 15 is 0 Å². The zero-order chi connectivity index (χ0) is 81.0. The number of benzene rings is 20. The number of aromatic nitrogens is 2. The van der Waals surface area contributed by atoms with Crippen molar-refractivity contribution in [2.24, 2.45) is 0 Å². The average molecular weight is 1580 g/mol. The van der Waals surface area contributed by atoms with E-state index in [4.69, 9.17) is 0 Å². The molecule has 122 heavy (non-hydrogen) atoms. The van der Waals surface area contributed by atoms with E-state index in [9.17, 15) is 0 Å². The molecule has 24 rings (SSSR count). The van der Waals surface area contributed by atoms with Crippen molar-refractivity contribution in [3.05, 3.63) is 461 Å². The van der Waals surface area contributed by atoms with Crippen LogP contribution in [0.5, 0.6) is 0 Å². The summed E-state index contributed by atoms with van der Waals surface area (Å²) in [5.41, 5.74) is 29.9. The van der Waals surface area contributed by atoms with Gasteiger partial charge in [0.05, 0.1) is 11.0 Å². The van der Waals surface area contributed by atoms with E-state index in [0.29, 0.717) is 0 Å². The molecule has 0 aliphatic carbocycles. The van der Waals surface area contributed by atoms with Crippen molar-refractivity contribution in [1.29, 1.82) is 0 Å². The highest BCUT2D eigenvalue weighted by molar-refractivity contribution is 7.22. The molecule has 0 fully saturated rings. The Morgan fingerprint density at radius 3 is 0.975 bits per heavy atom. The van der Waals surface area contributed by atoms with Gasteiger partial charge in [-0.1, -0.05) is 401 Å². The molecule has 0 spiro atoms. The first-order valence-electron chi connectivity index (χ1n) is 42.5. The Bertz CT molecular complexity index is 7810. The zero-order valence-corrected chi connectivity index (χ0v) is 69.8. The van der Waals surface area contributed by atoms with Crippen LogP contribution in [-0.2, 0) is 0 Å². The monoisotopic (exact) mass is 1580 g/mol. The highest BCUT2D eigenvalue weighted by Crippen LogP contribution is 2.46. The van der Waals surface area contributed by atoms with Crippen molar-refractivity contribution in [3.63, 3.8) is 0 Å². The largest absolute Gasteiger partial charge is 0.316 e. The van der Waals surface area contributed by atoms with Gasteiger partial charge in [-0.15, -0.1) is 0 Å². The Labute approximate surface area is 713 Å². The summed E-state index contributed by atoms with van der Waals surface area (Å²) in [5, 5.41) is 21.4. The van der Waals surface area contributed by atoms with Crippen molar-refractivity contribution in [3.8, 4) is 123 Å². The third-order valence-corrected chi connectivity index (χ3v) is 34.7. The Morgan fingerprint density at radius 1 is 0.172 bits per heavy atom. The van der Waals surface area contributed by atoms with Crippen LogP contribution in [0.3, 0.4) is 0 Å². The first kappa shape index (κ1) is 72.2. The van der Waals surface area contributed by atoms with E-state index in [1.807, 2.05) is 0 Å². The number of rotatable bonds is 12. The van der Waals surface area contributed by atoms with E-state index in [-0.39, 0.29) is 0 Å². The van der Waals surface area contributed by atoms with Crippen LogP contribution in [0, 0.1) is 0 Å². The molecule has 0 saturated carbocycles. The number of hydrogen-bond donors (Lipinski definition) is 0. The molecule has 4 heterocycles. The van der Waals surface area contributed by atoms with E-state index in [1.54, 1.807) is 0 Å². The Balaban J connectivity index is 0.000000142. The molecule has 20 aromatic carbocycles. The minimum absolute atomic E-state index is 1.16. The normalized spacial score (nSPS) is 12.8. The molecule has 2 aromatic heterocycles. The van der Waals surface area contributed by atoms with Crippen LogP contribution < -0.4 is 31.1 Å². The van der Waals surface area contributed by atoms with E-state index in [2.05, 4.69) is 484 Å². The summed E-state index contributed by atoms with van der Waals surface area (Å²) >= 11 is 0. The van der Waals surface area contributed by atoms with Crippen molar-refractivity contribution in [2.75, 3.05) is 0 Å².